The molecule has 88 valence electrons. The van der Waals surface area contributed by atoms with E-state index in [2.05, 4.69) is 20.7 Å². The van der Waals surface area contributed by atoms with E-state index in [1.807, 2.05) is 13.0 Å². The number of aromatic amines is 1. The minimum atomic E-state index is -0.353. The van der Waals surface area contributed by atoms with Crippen LogP contribution in [-0.2, 0) is 0 Å². The molecule has 17 heavy (non-hydrogen) atoms. The second-order valence-corrected chi connectivity index (χ2v) is 5.02. The van der Waals surface area contributed by atoms with E-state index in [9.17, 15) is 4.79 Å². The van der Waals surface area contributed by atoms with Crippen molar-refractivity contribution in [2.75, 3.05) is 0 Å². The lowest BCUT2D eigenvalue weighted by Gasteiger charge is -1.93. The Morgan fingerprint density at radius 3 is 3.06 bits per heavy atom. The number of hydrazone groups is 1. The number of carbonyl (C=O) groups is 1. The third-order valence-corrected chi connectivity index (χ3v) is 3.06. The number of H-pyrrole nitrogens is 1. The first-order valence-electron chi connectivity index (χ1n) is 4.76. The van der Waals surface area contributed by atoms with Crippen molar-refractivity contribution in [2.45, 2.75) is 6.92 Å². The summed E-state index contributed by atoms with van der Waals surface area (Å²) in [4.78, 5) is 12.4. The zero-order valence-electron chi connectivity index (χ0n) is 8.90. The summed E-state index contributed by atoms with van der Waals surface area (Å²) in [5.74, 6) is -0.353. The van der Waals surface area contributed by atoms with Gasteiger partial charge >= 0.3 is 0 Å². The number of nitrogens with zero attached hydrogens (tertiary/aromatic N) is 2. The average molecular weight is 269 g/mol. The monoisotopic (exact) mass is 268 g/mol. The van der Waals surface area contributed by atoms with Gasteiger partial charge in [-0.15, -0.1) is 11.3 Å². The fraction of sp³-hybridized carbons (Fsp3) is 0.100. The Kier molecular flexibility index (Phi) is 3.55. The fourth-order valence-electron chi connectivity index (χ4n) is 1.14. The number of halogens is 1. The summed E-state index contributed by atoms with van der Waals surface area (Å²) in [5, 5.41) is 10.3. The molecule has 0 atom stereocenters. The van der Waals surface area contributed by atoms with Gasteiger partial charge in [0.15, 0.2) is 5.69 Å². The minimum Gasteiger partial charge on any atom is -0.282 e. The molecule has 2 heterocycles. The summed E-state index contributed by atoms with van der Waals surface area (Å²) in [5.41, 5.74) is 3.51. The van der Waals surface area contributed by atoms with E-state index < -0.39 is 0 Å². The number of aryl methyl sites for hydroxylation is 1. The Labute approximate surface area is 107 Å². The van der Waals surface area contributed by atoms with Crippen LogP contribution >= 0.6 is 22.9 Å². The van der Waals surface area contributed by atoms with E-state index in [1.54, 1.807) is 12.1 Å². The molecule has 2 rings (SSSR count). The molecule has 0 aliphatic carbocycles. The molecule has 0 saturated carbocycles. The molecule has 0 fully saturated rings. The predicted molar refractivity (Wildman–Crippen MR) is 67.7 cm³/mol. The van der Waals surface area contributed by atoms with Crippen LogP contribution in [0.2, 0.25) is 4.34 Å². The van der Waals surface area contributed by atoms with E-state index in [-0.39, 0.29) is 5.91 Å². The number of hydrogen-bond acceptors (Lipinski definition) is 4. The molecule has 2 aromatic heterocycles. The van der Waals surface area contributed by atoms with Gasteiger partial charge in [-0.2, -0.15) is 10.2 Å². The number of carbonyl (C=O) groups excluding carboxylic acids is 1. The Balaban J connectivity index is 1.94. The van der Waals surface area contributed by atoms with E-state index in [1.165, 1.54) is 17.6 Å². The van der Waals surface area contributed by atoms with Crippen LogP contribution in [0, 0.1) is 6.92 Å². The normalized spacial score (nSPS) is 10.9. The number of hydrogen-bond donors (Lipinski definition) is 2. The highest BCUT2D eigenvalue weighted by Gasteiger charge is 2.07. The van der Waals surface area contributed by atoms with Gasteiger partial charge in [0.25, 0.3) is 5.91 Å². The minimum absolute atomic E-state index is 0.309. The van der Waals surface area contributed by atoms with E-state index >= 15 is 0 Å². The number of nitrogens with one attached hydrogen (secondary N) is 2. The first-order chi connectivity index (χ1) is 8.15. The summed E-state index contributed by atoms with van der Waals surface area (Å²) in [7, 11) is 0. The number of aromatic nitrogens is 2. The Hall–Kier alpha value is -1.66. The van der Waals surface area contributed by atoms with Crippen LogP contribution in [0.15, 0.2) is 23.3 Å². The van der Waals surface area contributed by atoms with Crippen molar-refractivity contribution < 1.29 is 4.79 Å². The lowest BCUT2D eigenvalue weighted by atomic mass is 10.4. The van der Waals surface area contributed by atoms with Crippen molar-refractivity contribution >= 4 is 35.1 Å². The van der Waals surface area contributed by atoms with Gasteiger partial charge in [0.1, 0.15) is 0 Å². The molecule has 5 nitrogen and oxygen atoms in total. The first kappa shape index (κ1) is 11.8. The maximum atomic E-state index is 11.5. The topological polar surface area (TPSA) is 70.1 Å². The molecule has 0 aliphatic rings. The maximum Gasteiger partial charge on any atom is 0.291 e. The molecule has 1 amide bonds. The number of amides is 1. The largest absolute Gasteiger partial charge is 0.291 e. The SMILES string of the molecule is Cc1cc(C(=O)N/N=C/c2ccc(Cl)s2)n[nH]1. The molecule has 0 spiro atoms. The number of thiophene rings is 1. The molecule has 7 heteroatoms. The Morgan fingerprint density at radius 2 is 2.47 bits per heavy atom. The van der Waals surface area contributed by atoms with Gasteiger partial charge in [-0.1, -0.05) is 11.6 Å². The van der Waals surface area contributed by atoms with Gasteiger partial charge < -0.3 is 0 Å². The maximum absolute atomic E-state index is 11.5. The number of rotatable bonds is 3. The van der Waals surface area contributed by atoms with Crippen LogP contribution < -0.4 is 5.43 Å². The average Bonchev–Trinajstić information content (AvgIpc) is 2.88. The smallest absolute Gasteiger partial charge is 0.282 e. The molecule has 0 saturated heterocycles. The van der Waals surface area contributed by atoms with Gasteiger partial charge in [0.2, 0.25) is 0 Å². The van der Waals surface area contributed by atoms with Crippen molar-refractivity contribution in [1.82, 2.24) is 15.6 Å². The van der Waals surface area contributed by atoms with Gasteiger partial charge in [-0.3, -0.25) is 9.89 Å². The molecule has 0 radical (unpaired) electrons. The van der Waals surface area contributed by atoms with Crippen molar-refractivity contribution in [3.05, 3.63) is 38.8 Å². The molecule has 0 unspecified atom stereocenters. The van der Waals surface area contributed by atoms with Crippen molar-refractivity contribution in [3.63, 3.8) is 0 Å². The first-order valence-corrected chi connectivity index (χ1v) is 5.95. The van der Waals surface area contributed by atoms with Crippen LogP contribution in [0.1, 0.15) is 21.1 Å². The summed E-state index contributed by atoms with van der Waals surface area (Å²) in [6.07, 6.45) is 1.54. The van der Waals surface area contributed by atoms with Gasteiger partial charge in [0, 0.05) is 10.6 Å². The van der Waals surface area contributed by atoms with Crippen LogP contribution in [0.5, 0.6) is 0 Å². The molecule has 2 aromatic rings. The summed E-state index contributed by atoms with van der Waals surface area (Å²) in [6.45, 7) is 1.82. The van der Waals surface area contributed by atoms with Crippen LogP contribution in [0.4, 0.5) is 0 Å². The Bertz CT molecular complexity index is 560. The van der Waals surface area contributed by atoms with E-state index in [4.69, 9.17) is 11.6 Å². The van der Waals surface area contributed by atoms with Crippen molar-refractivity contribution in [2.24, 2.45) is 5.10 Å². The van der Waals surface area contributed by atoms with E-state index in [0.29, 0.717) is 10.0 Å². The molecule has 2 N–H and O–H groups in total. The fourth-order valence-corrected chi connectivity index (χ4v) is 2.08. The standard InChI is InChI=1S/C10H9ClN4OS/c1-6-4-8(14-13-6)10(16)15-12-5-7-2-3-9(11)17-7/h2-5H,1H3,(H,13,14)(H,15,16)/b12-5+. The lowest BCUT2D eigenvalue weighted by Crippen LogP contribution is -2.17. The van der Waals surface area contributed by atoms with Gasteiger partial charge in [-0.25, -0.2) is 5.43 Å². The highest BCUT2D eigenvalue weighted by molar-refractivity contribution is 7.17. The molecule has 0 aliphatic heterocycles. The lowest BCUT2D eigenvalue weighted by molar-refractivity contribution is 0.0950. The van der Waals surface area contributed by atoms with Gasteiger partial charge in [-0.05, 0) is 25.1 Å². The zero-order valence-corrected chi connectivity index (χ0v) is 10.5. The third kappa shape index (κ3) is 3.15. The summed E-state index contributed by atoms with van der Waals surface area (Å²) < 4.78 is 0.681. The zero-order chi connectivity index (χ0) is 12.3. The predicted octanol–water partition coefficient (Wildman–Crippen LogP) is 2.20. The summed E-state index contributed by atoms with van der Waals surface area (Å²) in [6, 6.07) is 5.24. The van der Waals surface area contributed by atoms with Crippen molar-refractivity contribution in [3.8, 4) is 0 Å². The van der Waals surface area contributed by atoms with Crippen LogP contribution in [-0.4, -0.2) is 22.3 Å². The Morgan fingerprint density at radius 1 is 1.65 bits per heavy atom. The molecule has 0 aromatic carbocycles. The van der Waals surface area contributed by atoms with Crippen molar-refractivity contribution in [1.29, 1.82) is 0 Å². The summed E-state index contributed by atoms with van der Waals surface area (Å²) >= 11 is 7.14. The third-order valence-electron chi connectivity index (χ3n) is 1.89. The van der Waals surface area contributed by atoms with Crippen LogP contribution in [0.25, 0.3) is 0 Å². The highest BCUT2D eigenvalue weighted by atomic mass is 35.5. The second kappa shape index (κ2) is 5.11. The molecular weight excluding hydrogens is 260 g/mol. The van der Waals surface area contributed by atoms with Gasteiger partial charge in [0.05, 0.1) is 10.6 Å². The quantitative estimate of drug-likeness (QED) is 0.662. The molecular formula is C10H9ClN4OS. The molecule has 0 bridgehead atoms. The highest BCUT2D eigenvalue weighted by Crippen LogP contribution is 2.19. The van der Waals surface area contributed by atoms with Crippen LogP contribution in [0.3, 0.4) is 0 Å². The van der Waals surface area contributed by atoms with E-state index in [0.717, 1.165) is 10.6 Å². The second-order valence-electron chi connectivity index (χ2n) is 3.28.